The van der Waals surface area contributed by atoms with Crippen molar-refractivity contribution in [3.8, 4) is 11.5 Å². The normalized spacial score (nSPS) is 11.4. The molecule has 2 aromatic rings. The molecule has 118 valence electrons. The largest absolute Gasteiger partial charge is 0.250 e. The van der Waals surface area contributed by atoms with Crippen LogP contribution in [-0.2, 0) is 6.42 Å². The van der Waals surface area contributed by atoms with E-state index in [0.717, 1.165) is 6.20 Å². The van der Waals surface area contributed by atoms with E-state index in [2.05, 4.69) is 28.1 Å². The van der Waals surface area contributed by atoms with E-state index in [1.807, 2.05) is 0 Å². The molecule has 0 amide bonds. The van der Waals surface area contributed by atoms with E-state index < -0.39 is 11.6 Å². The van der Waals surface area contributed by atoms with Gasteiger partial charge in [0.1, 0.15) is 27.6 Å². The number of pyridine rings is 1. The van der Waals surface area contributed by atoms with Gasteiger partial charge in [0, 0.05) is 12.0 Å². The van der Waals surface area contributed by atoms with Gasteiger partial charge in [-0.3, -0.25) is 0 Å². The van der Waals surface area contributed by atoms with Crippen molar-refractivity contribution >= 4 is 23.2 Å². The molecule has 0 bridgehead atoms. The molecule has 23 heavy (non-hydrogen) atoms. The summed E-state index contributed by atoms with van der Waals surface area (Å²) in [5, 5.41) is 0.115. The summed E-state index contributed by atoms with van der Waals surface area (Å²) < 4.78 is 26.3. The maximum Gasteiger partial charge on any atom is 0.181 e. The zero-order valence-corrected chi connectivity index (χ0v) is 13.4. The van der Waals surface area contributed by atoms with E-state index in [-0.39, 0.29) is 28.1 Å². The van der Waals surface area contributed by atoms with Gasteiger partial charge in [-0.05, 0) is 17.7 Å². The maximum atomic E-state index is 13.4. The fourth-order valence-corrected chi connectivity index (χ4v) is 2.30. The zero-order chi connectivity index (χ0) is 17.0. The summed E-state index contributed by atoms with van der Waals surface area (Å²) in [6.45, 7) is 6.76. The molecule has 0 atom stereocenters. The number of rotatable bonds is 5. The van der Waals surface area contributed by atoms with Gasteiger partial charge in [-0.2, -0.15) is 0 Å². The summed E-state index contributed by atoms with van der Waals surface area (Å²) >= 11 is 12.2. The Bertz CT molecular complexity index is 763. The Morgan fingerprint density at radius 2 is 1.87 bits per heavy atom. The quantitative estimate of drug-likeness (QED) is 0.552. The highest BCUT2D eigenvalue weighted by molar-refractivity contribution is 6.34. The molecule has 0 unspecified atom stereocenters. The predicted molar refractivity (Wildman–Crippen MR) is 87.5 cm³/mol. The Labute approximate surface area is 142 Å². The van der Waals surface area contributed by atoms with Crippen LogP contribution in [-0.4, -0.2) is 15.0 Å². The summed E-state index contributed by atoms with van der Waals surface area (Å²) in [5.74, 6) is -0.957. The van der Waals surface area contributed by atoms with Crippen molar-refractivity contribution in [2.75, 3.05) is 0 Å². The second-order valence-electron chi connectivity index (χ2n) is 4.48. The molecule has 2 heterocycles. The standard InChI is InChI=1S/C16H11Cl2F2N3/c1-3-4-10(9(2)19)7-12-14(17)22-16(23-15(12)18)13-6-5-11(20)8-21-13/h3-6,8H,1-2,7H2/b10-4-. The van der Waals surface area contributed by atoms with E-state index in [1.54, 1.807) is 0 Å². The van der Waals surface area contributed by atoms with E-state index >= 15 is 0 Å². The molecular formula is C16H11Cl2F2N3. The summed E-state index contributed by atoms with van der Waals surface area (Å²) in [6, 6.07) is 2.63. The highest BCUT2D eigenvalue weighted by atomic mass is 35.5. The van der Waals surface area contributed by atoms with E-state index in [4.69, 9.17) is 23.2 Å². The molecule has 2 rings (SSSR count). The summed E-state index contributed by atoms with van der Waals surface area (Å²) in [7, 11) is 0. The van der Waals surface area contributed by atoms with Gasteiger partial charge in [-0.1, -0.05) is 48.5 Å². The topological polar surface area (TPSA) is 38.7 Å². The first-order valence-corrected chi connectivity index (χ1v) is 7.18. The second kappa shape index (κ2) is 7.44. The number of hydrogen-bond donors (Lipinski definition) is 0. The zero-order valence-electron chi connectivity index (χ0n) is 11.9. The molecule has 7 heteroatoms. The van der Waals surface area contributed by atoms with Crippen LogP contribution < -0.4 is 0 Å². The molecule has 0 spiro atoms. The van der Waals surface area contributed by atoms with Crippen LogP contribution in [0.25, 0.3) is 11.5 Å². The van der Waals surface area contributed by atoms with Crippen molar-refractivity contribution in [1.29, 1.82) is 0 Å². The van der Waals surface area contributed by atoms with Gasteiger partial charge in [0.25, 0.3) is 0 Å². The molecule has 2 aromatic heterocycles. The molecule has 0 aliphatic rings. The SMILES string of the molecule is C=C/C=C(/Cc1c(Cl)nc(-c2ccc(F)cn2)nc1Cl)C(=C)F. The fraction of sp³-hybridized carbons (Fsp3) is 0.0625. The highest BCUT2D eigenvalue weighted by Crippen LogP contribution is 2.28. The van der Waals surface area contributed by atoms with E-state index in [1.165, 1.54) is 24.3 Å². The third kappa shape index (κ3) is 4.21. The average Bonchev–Trinajstić information content (AvgIpc) is 2.50. The fourth-order valence-electron chi connectivity index (χ4n) is 1.78. The lowest BCUT2D eigenvalue weighted by Crippen LogP contribution is -2.01. The van der Waals surface area contributed by atoms with Crippen LogP contribution >= 0.6 is 23.2 Å². The third-order valence-corrected chi connectivity index (χ3v) is 3.52. The van der Waals surface area contributed by atoms with Crippen LogP contribution in [0, 0.1) is 5.82 Å². The monoisotopic (exact) mass is 353 g/mol. The van der Waals surface area contributed by atoms with Gasteiger partial charge in [0.15, 0.2) is 5.82 Å². The predicted octanol–water partition coefficient (Wildman–Crippen LogP) is 5.12. The minimum Gasteiger partial charge on any atom is -0.250 e. The molecule has 0 aromatic carbocycles. The molecule has 0 saturated heterocycles. The van der Waals surface area contributed by atoms with Crippen LogP contribution in [0.5, 0.6) is 0 Å². The molecule has 0 N–H and O–H groups in total. The van der Waals surface area contributed by atoms with Crippen LogP contribution in [0.1, 0.15) is 5.56 Å². The van der Waals surface area contributed by atoms with E-state index in [9.17, 15) is 8.78 Å². The Hall–Kier alpha value is -2.11. The number of allylic oxidation sites excluding steroid dienone is 4. The Morgan fingerprint density at radius 1 is 1.22 bits per heavy atom. The van der Waals surface area contributed by atoms with Crippen molar-refractivity contribution in [2.45, 2.75) is 6.42 Å². The minimum absolute atomic E-state index is 0.0577. The summed E-state index contributed by atoms with van der Waals surface area (Å²) in [5.41, 5.74) is 0.935. The van der Waals surface area contributed by atoms with Gasteiger partial charge in [0.05, 0.1) is 6.20 Å². The Kier molecular flexibility index (Phi) is 5.58. The van der Waals surface area contributed by atoms with Crippen molar-refractivity contribution in [3.63, 3.8) is 0 Å². The molecule has 3 nitrogen and oxygen atoms in total. The highest BCUT2D eigenvalue weighted by Gasteiger charge is 2.16. The molecule has 0 aliphatic carbocycles. The van der Waals surface area contributed by atoms with Crippen molar-refractivity contribution in [1.82, 2.24) is 15.0 Å². The summed E-state index contributed by atoms with van der Waals surface area (Å²) in [4.78, 5) is 12.0. The maximum absolute atomic E-state index is 13.4. The third-order valence-electron chi connectivity index (χ3n) is 2.90. The number of halogens is 4. The average molecular weight is 354 g/mol. The van der Waals surface area contributed by atoms with Gasteiger partial charge >= 0.3 is 0 Å². The number of aromatic nitrogens is 3. The van der Waals surface area contributed by atoms with Gasteiger partial charge in [-0.15, -0.1) is 0 Å². The van der Waals surface area contributed by atoms with Crippen LogP contribution in [0.2, 0.25) is 10.3 Å². The molecule has 0 radical (unpaired) electrons. The molecular weight excluding hydrogens is 343 g/mol. The molecule has 0 fully saturated rings. The first-order chi connectivity index (χ1) is 10.9. The van der Waals surface area contributed by atoms with Gasteiger partial charge < -0.3 is 0 Å². The summed E-state index contributed by atoms with van der Waals surface area (Å²) in [6.07, 6.45) is 3.99. The minimum atomic E-state index is -0.624. The van der Waals surface area contributed by atoms with Crippen molar-refractivity contribution in [2.24, 2.45) is 0 Å². The van der Waals surface area contributed by atoms with Crippen molar-refractivity contribution in [3.05, 3.63) is 76.7 Å². The first kappa shape index (κ1) is 17.2. The van der Waals surface area contributed by atoms with Gasteiger partial charge in [-0.25, -0.2) is 23.7 Å². The number of hydrogen-bond acceptors (Lipinski definition) is 3. The second-order valence-corrected chi connectivity index (χ2v) is 5.19. The Morgan fingerprint density at radius 3 is 2.35 bits per heavy atom. The van der Waals surface area contributed by atoms with Crippen molar-refractivity contribution < 1.29 is 8.78 Å². The smallest absolute Gasteiger partial charge is 0.181 e. The van der Waals surface area contributed by atoms with Crippen LogP contribution in [0.3, 0.4) is 0 Å². The lowest BCUT2D eigenvalue weighted by atomic mass is 10.1. The van der Waals surface area contributed by atoms with E-state index in [0.29, 0.717) is 11.3 Å². The number of nitrogens with zero attached hydrogens (tertiary/aromatic N) is 3. The van der Waals surface area contributed by atoms with Crippen LogP contribution in [0.4, 0.5) is 8.78 Å². The molecule has 0 aliphatic heterocycles. The van der Waals surface area contributed by atoms with Gasteiger partial charge in [0.2, 0.25) is 0 Å². The molecule has 0 saturated carbocycles. The van der Waals surface area contributed by atoms with Crippen LogP contribution in [0.15, 0.2) is 55.0 Å². The lowest BCUT2D eigenvalue weighted by Gasteiger charge is -2.09. The lowest BCUT2D eigenvalue weighted by molar-refractivity contribution is 0.621. The first-order valence-electron chi connectivity index (χ1n) is 6.42. The Balaban J connectivity index is 2.41.